The Morgan fingerprint density at radius 2 is 1.73 bits per heavy atom. The van der Waals surface area contributed by atoms with E-state index in [1.807, 2.05) is 61.5 Å². The predicted molar refractivity (Wildman–Crippen MR) is 134 cm³/mol. The van der Waals surface area contributed by atoms with E-state index in [1.165, 1.54) is 5.56 Å². The number of amides is 1. The Morgan fingerprint density at radius 1 is 0.939 bits per heavy atom. The first-order valence-corrected chi connectivity index (χ1v) is 11.2. The van der Waals surface area contributed by atoms with Crippen molar-refractivity contribution in [3.63, 3.8) is 0 Å². The summed E-state index contributed by atoms with van der Waals surface area (Å²) in [6.45, 7) is 4.62. The first-order chi connectivity index (χ1) is 16.1. The molecule has 164 valence electrons. The predicted octanol–water partition coefficient (Wildman–Crippen LogP) is 5.32. The molecule has 1 aromatic heterocycles. The molecule has 0 saturated heterocycles. The maximum absolute atomic E-state index is 12.6. The number of nitrogens with zero attached hydrogens (tertiary/aromatic N) is 3. The molecule has 0 spiro atoms. The molecule has 5 heteroatoms. The van der Waals surface area contributed by atoms with E-state index in [9.17, 15) is 4.79 Å². The highest BCUT2D eigenvalue weighted by molar-refractivity contribution is 5.94. The summed E-state index contributed by atoms with van der Waals surface area (Å²) in [5.41, 5.74) is 6.04. The summed E-state index contributed by atoms with van der Waals surface area (Å²) in [5, 5.41) is 4.03. The largest absolute Gasteiger partial charge is 0.353 e. The molecule has 0 bridgehead atoms. The van der Waals surface area contributed by atoms with Crippen LogP contribution in [0.2, 0.25) is 0 Å². The van der Waals surface area contributed by atoms with Crippen LogP contribution < -0.4 is 5.32 Å². The van der Waals surface area contributed by atoms with Crippen molar-refractivity contribution >= 4 is 28.3 Å². The van der Waals surface area contributed by atoms with Gasteiger partial charge in [0.05, 0.1) is 36.6 Å². The third-order valence-electron chi connectivity index (χ3n) is 5.98. The number of aromatic nitrogens is 1. The number of amidine groups is 1. The minimum atomic E-state index is -0.0322. The van der Waals surface area contributed by atoms with Gasteiger partial charge in [0.25, 0.3) is 0 Å². The smallest absolute Gasteiger partial charge is 0.228 e. The van der Waals surface area contributed by atoms with Crippen LogP contribution in [-0.2, 0) is 17.8 Å². The number of hydrogen-bond acceptors (Lipinski definition) is 4. The molecule has 2 heterocycles. The molecule has 0 aliphatic carbocycles. The molecule has 33 heavy (non-hydrogen) atoms. The van der Waals surface area contributed by atoms with Gasteiger partial charge in [0.15, 0.2) is 0 Å². The topological polar surface area (TPSA) is 57.6 Å². The monoisotopic (exact) mass is 434 g/mol. The van der Waals surface area contributed by atoms with Crippen LogP contribution in [0.15, 0.2) is 89.9 Å². The molecule has 1 aliphatic heterocycles. The van der Waals surface area contributed by atoms with Gasteiger partial charge in [0.1, 0.15) is 0 Å². The summed E-state index contributed by atoms with van der Waals surface area (Å²) in [5.74, 6) is 1.04. The second-order valence-electron chi connectivity index (χ2n) is 8.35. The van der Waals surface area contributed by atoms with Gasteiger partial charge in [-0.1, -0.05) is 60.7 Å². The highest BCUT2D eigenvalue weighted by atomic mass is 16.1. The number of pyridine rings is 1. The summed E-state index contributed by atoms with van der Waals surface area (Å²) in [6.07, 6.45) is 0.334. The Kier molecular flexibility index (Phi) is 5.85. The molecule has 0 fully saturated rings. The van der Waals surface area contributed by atoms with Crippen LogP contribution in [0, 0.1) is 0 Å². The quantitative estimate of drug-likeness (QED) is 0.447. The highest BCUT2D eigenvalue weighted by Gasteiger charge is 2.13. The van der Waals surface area contributed by atoms with Crippen LogP contribution in [0.1, 0.15) is 18.2 Å². The Bertz CT molecular complexity index is 1310. The van der Waals surface area contributed by atoms with E-state index in [2.05, 4.69) is 45.5 Å². The Labute approximate surface area is 193 Å². The van der Waals surface area contributed by atoms with Crippen molar-refractivity contribution < 1.29 is 4.79 Å². The lowest BCUT2D eigenvalue weighted by atomic mass is 10.0. The molecule has 0 saturated carbocycles. The molecule has 0 radical (unpaired) electrons. The van der Waals surface area contributed by atoms with Crippen molar-refractivity contribution in [1.82, 2.24) is 9.88 Å². The second kappa shape index (κ2) is 9.25. The van der Waals surface area contributed by atoms with Crippen LogP contribution in [0.25, 0.3) is 22.0 Å². The Hall–Kier alpha value is -3.99. The van der Waals surface area contributed by atoms with Gasteiger partial charge in [-0.05, 0) is 47.9 Å². The van der Waals surface area contributed by atoms with E-state index < -0.39 is 0 Å². The minimum absolute atomic E-state index is 0.0322. The first kappa shape index (κ1) is 20.9. The van der Waals surface area contributed by atoms with Crippen molar-refractivity contribution in [2.45, 2.75) is 19.9 Å². The average molecular weight is 435 g/mol. The zero-order valence-corrected chi connectivity index (χ0v) is 18.7. The second-order valence-corrected chi connectivity index (χ2v) is 8.35. The van der Waals surface area contributed by atoms with Crippen LogP contribution in [0.4, 0.5) is 5.69 Å². The van der Waals surface area contributed by atoms with Crippen molar-refractivity contribution in [3.05, 3.63) is 96.2 Å². The number of rotatable bonds is 6. The zero-order chi connectivity index (χ0) is 22.6. The normalized spacial score (nSPS) is 13.2. The number of benzene rings is 3. The van der Waals surface area contributed by atoms with Gasteiger partial charge in [-0.15, -0.1) is 0 Å². The number of anilines is 1. The van der Waals surface area contributed by atoms with Gasteiger partial charge in [-0.3, -0.25) is 14.8 Å². The van der Waals surface area contributed by atoms with Gasteiger partial charge in [0.2, 0.25) is 5.91 Å². The fourth-order valence-corrected chi connectivity index (χ4v) is 4.15. The van der Waals surface area contributed by atoms with Gasteiger partial charge < -0.3 is 10.2 Å². The van der Waals surface area contributed by atoms with Crippen LogP contribution in [0.3, 0.4) is 0 Å². The molecule has 0 unspecified atom stereocenters. The summed E-state index contributed by atoms with van der Waals surface area (Å²) in [4.78, 5) is 24.1. The lowest BCUT2D eigenvalue weighted by Crippen LogP contribution is -2.25. The highest BCUT2D eigenvalue weighted by Crippen LogP contribution is 2.21. The van der Waals surface area contributed by atoms with Crippen molar-refractivity contribution in [2.75, 3.05) is 18.4 Å². The van der Waals surface area contributed by atoms with Gasteiger partial charge in [-0.25, -0.2) is 0 Å². The van der Waals surface area contributed by atoms with E-state index in [-0.39, 0.29) is 5.91 Å². The minimum Gasteiger partial charge on any atom is -0.353 e. The van der Waals surface area contributed by atoms with Crippen molar-refractivity contribution in [3.8, 4) is 11.1 Å². The van der Waals surface area contributed by atoms with Crippen molar-refractivity contribution in [2.24, 2.45) is 4.99 Å². The summed E-state index contributed by atoms with van der Waals surface area (Å²) < 4.78 is 0. The van der Waals surface area contributed by atoms with Crippen LogP contribution >= 0.6 is 0 Å². The maximum Gasteiger partial charge on any atom is 0.228 e. The molecule has 5 rings (SSSR count). The fourth-order valence-electron chi connectivity index (χ4n) is 4.15. The molecule has 4 aromatic rings. The van der Waals surface area contributed by atoms with E-state index in [4.69, 9.17) is 4.98 Å². The third-order valence-corrected chi connectivity index (χ3v) is 5.98. The molecule has 1 aliphatic rings. The van der Waals surface area contributed by atoms with Crippen LogP contribution in [0.5, 0.6) is 0 Å². The summed E-state index contributed by atoms with van der Waals surface area (Å²) in [7, 11) is 0. The first-order valence-electron chi connectivity index (χ1n) is 11.2. The van der Waals surface area contributed by atoms with Gasteiger partial charge in [-0.2, -0.15) is 0 Å². The average Bonchev–Trinajstić information content (AvgIpc) is 3.24. The fraction of sp³-hybridized carbons (Fsp3) is 0.179. The molecule has 0 atom stereocenters. The standard InChI is InChI=1S/C28H26N4O/c1-20-29-15-16-32(20)19-26-12-11-24-18-25(13-14-27(24)30-26)31-28(33)17-21-7-9-23(10-8-21)22-5-3-2-4-6-22/h2-14,18H,15-17,19H2,1H3,(H,31,33). The lowest BCUT2D eigenvalue weighted by Gasteiger charge is -2.17. The molecule has 1 N–H and O–H groups in total. The number of aliphatic imine (C=N–C) groups is 1. The van der Waals surface area contributed by atoms with E-state index in [0.717, 1.165) is 58.9 Å². The van der Waals surface area contributed by atoms with E-state index in [1.54, 1.807) is 0 Å². The number of nitrogens with one attached hydrogen (secondary N) is 1. The zero-order valence-electron chi connectivity index (χ0n) is 18.7. The molecular weight excluding hydrogens is 408 g/mol. The lowest BCUT2D eigenvalue weighted by molar-refractivity contribution is -0.115. The van der Waals surface area contributed by atoms with E-state index in [0.29, 0.717) is 6.42 Å². The summed E-state index contributed by atoms with van der Waals surface area (Å²) >= 11 is 0. The molecule has 3 aromatic carbocycles. The third kappa shape index (κ3) is 4.93. The maximum atomic E-state index is 12.6. The number of carbonyl (C=O) groups excluding carboxylic acids is 1. The Balaban J connectivity index is 1.22. The van der Waals surface area contributed by atoms with E-state index >= 15 is 0 Å². The molecule has 5 nitrogen and oxygen atoms in total. The number of carbonyl (C=O) groups is 1. The SMILES string of the molecule is CC1=NCCN1Cc1ccc2cc(NC(=O)Cc3ccc(-c4ccccc4)cc3)ccc2n1. The van der Waals surface area contributed by atoms with Gasteiger partial charge >= 0.3 is 0 Å². The number of fused-ring (bicyclic) bond motifs is 1. The van der Waals surface area contributed by atoms with Crippen molar-refractivity contribution in [1.29, 1.82) is 0 Å². The Morgan fingerprint density at radius 3 is 2.48 bits per heavy atom. The number of hydrogen-bond donors (Lipinski definition) is 1. The molecular formula is C28H26N4O. The van der Waals surface area contributed by atoms with Gasteiger partial charge in [0, 0.05) is 17.6 Å². The molecule has 1 amide bonds. The van der Waals surface area contributed by atoms with Crippen LogP contribution in [-0.4, -0.2) is 34.7 Å². The summed E-state index contributed by atoms with van der Waals surface area (Å²) in [6, 6.07) is 28.4.